The van der Waals surface area contributed by atoms with Crippen LogP contribution in [0.5, 0.6) is 0 Å². The molecule has 8 nitrogen and oxygen atoms in total. The van der Waals surface area contributed by atoms with E-state index in [2.05, 4.69) is 25.9 Å². The Morgan fingerprint density at radius 1 is 1.28 bits per heavy atom. The van der Waals surface area contributed by atoms with Crippen LogP contribution >= 0.6 is 0 Å². The van der Waals surface area contributed by atoms with E-state index in [1.165, 1.54) is 0 Å². The number of hydrogen-bond donors (Lipinski definition) is 2. The fraction of sp³-hybridized carbons (Fsp3) is 0.294. The number of carbonyl (C=O) groups excluding carboxylic acids is 1. The monoisotopic (exact) mass is 340 g/mol. The first-order valence-corrected chi connectivity index (χ1v) is 8.13. The van der Waals surface area contributed by atoms with E-state index in [1.54, 1.807) is 6.20 Å². The van der Waals surface area contributed by atoms with E-state index in [4.69, 9.17) is 4.52 Å². The maximum atomic E-state index is 11.9. The van der Waals surface area contributed by atoms with Gasteiger partial charge in [-0.15, -0.1) is 0 Å². The molecule has 3 aromatic rings. The summed E-state index contributed by atoms with van der Waals surface area (Å²) in [6, 6.07) is 10.8. The van der Waals surface area contributed by atoms with Gasteiger partial charge in [0.05, 0.1) is 6.04 Å². The normalized spacial score (nSPS) is 11.9. The third-order valence-corrected chi connectivity index (χ3v) is 3.61. The SMILES string of the molecule is CC(NC(=O)NCCCn1cccn1)c1noc(-c2ccccc2)n1. The summed E-state index contributed by atoms with van der Waals surface area (Å²) >= 11 is 0. The summed E-state index contributed by atoms with van der Waals surface area (Å²) in [4.78, 5) is 16.3. The van der Waals surface area contributed by atoms with Crippen molar-refractivity contribution in [2.45, 2.75) is 25.9 Å². The second kappa shape index (κ2) is 8.09. The third kappa shape index (κ3) is 4.66. The Bertz CT molecular complexity index is 785. The number of benzene rings is 1. The Hall–Kier alpha value is -3.16. The zero-order valence-electron chi connectivity index (χ0n) is 13.9. The van der Waals surface area contributed by atoms with Crippen LogP contribution in [0, 0.1) is 0 Å². The number of rotatable bonds is 7. The van der Waals surface area contributed by atoms with Crippen molar-refractivity contribution >= 4 is 6.03 Å². The number of carbonyl (C=O) groups is 1. The molecule has 2 N–H and O–H groups in total. The van der Waals surface area contributed by atoms with E-state index in [9.17, 15) is 4.79 Å². The average molecular weight is 340 g/mol. The second-order valence-electron chi connectivity index (χ2n) is 5.57. The van der Waals surface area contributed by atoms with Gasteiger partial charge in [-0.05, 0) is 31.5 Å². The molecule has 130 valence electrons. The van der Waals surface area contributed by atoms with Gasteiger partial charge >= 0.3 is 6.03 Å². The first-order valence-electron chi connectivity index (χ1n) is 8.13. The van der Waals surface area contributed by atoms with Crippen LogP contribution in [-0.4, -0.2) is 32.5 Å². The highest BCUT2D eigenvalue weighted by Crippen LogP contribution is 2.18. The molecule has 2 heterocycles. The fourth-order valence-electron chi connectivity index (χ4n) is 2.30. The van der Waals surface area contributed by atoms with Gasteiger partial charge in [-0.1, -0.05) is 23.4 Å². The standard InChI is InChI=1S/C17H20N6O2/c1-13(15-21-16(25-22-15)14-7-3-2-4-8-14)20-17(24)18-9-5-11-23-12-6-10-19-23/h2-4,6-8,10,12-13H,5,9,11H2,1H3,(H2,18,20,24). The van der Waals surface area contributed by atoms with Gasteiger partial charge in [0.15, 0.2) is 5.82 Å². The maximum absolute atomic E-state index is 11.9. The molecule has 0 spiro atoms. The topological polar surface area (TPSA) is 97.9 Å². The lowest BCUT2D eigenvalue weighted by molar-refractivity contribution is 0.237. The molecule has 0 bridgehead atoms. The van der Waals surface area contributed by atoms with Crippen LogP contribution in [-0.2, 0) is 6.54 Å². The summed E-state index contributed by atoms with van der Waals surface area (Å²) in [7, 11) is 0. The first-order chi connectivity index (χ1) is 12.2. The van der Waals surface area contributed by atoms with Gasteiger partial charge < -0.3 is 15.2 Å². The number of nitrogens with one attached hydrogen (secondary N) is 2. The van der Waals surface area contributed by atoms with E-state index < -0.39 is 0 Å². The van der Waals surface area contributed by atoms with Crippen LogP contribution in [0.15, 0.2) is 53.3 Å². The highest BCUT2D eigenvalue weighted by Gasteiger charge is 2.16. The summed E-state index contributed by atoms with van der Waals surface area (Å²) in [6.07, 6.45) is 4.42. The lowest BCUT2D eigenvalue weighted by Gasteiger charge is -2.11. The van der Waals surface area contributed by atoms with Crippen molar-refractivity contribution in [2.75, 3.05) is 6.54 Å². The van der Waals surface area contributed by atoms with Crippen molar-refractivity contribution in [3.8, 4) is 11.5 Å². The first kappa shape index (κ1) is 16.7. The summed E-state index contributed by atoms with van der Waals surface area (Å²) in [5, 5.41) is 13.6. The number of urea groups is 1. The van der Waals surface area contributed by atoms with Gasteiger partial charge in [0.25, 0.3) is 5.89 Å². The van der Waals surface area contributed by atoms with E-state index in [-0.39, 0.29) is 12.1 Å². The van der Waals surface area contributed by atoms with Crippen LogP contribution < -0.4 is 10.6 Å². The maximum Gasteiger partial charge on any atom is 0.315 e. The molecule has 0 aliphatic heterocycles. The van der Waals surface area contributed by atoms with Crippen LogP contribution in [0.3, 0.4) is 0 Å². The molecule has 1 atom stereocenters. The van der Waals surface area contributed by atoms with Crippen LogP contribution in [0.4, 0.5) is 4.79 Å². The largest absolute Gasteiger partial charge is 0.338 e. The van der Waals surface area contributed by atoms with Gasteiger partial charge in [-0.2, -0.15) is 10.1 Å². The summed E-state index contributed by atoms with van der Waals surface area (Å²) in [5.74, 6) is 0.870. The molecule has 2 amide bonds. The summed E-state index contributed by atoms with van der Waals surface area (Å²) in [6.45, 7) is 3.12. The minimum absolute atomic E-state index is 0.265. The molecule has 0 fully saturated rings. The predicted molar refractivity (Wildman–Crippen MR) is 91.5 cm³/mol. The molecule has 0 aliphatic rings. The molecular weight excluding hydrogens is 320 g/mol. The molecule has 3 rings (SSSR count). The van der Waals surface area contributed by atoms with Gasteiger partial charge in [0, 0.05) is 31.0 Å². The number of amides is 2. The zero-order valence-corrected chi connectivity index (χ0v) is 13.9. The van der Waals surface area contributed by atoms with Crippen LogP contribution in [0.2, 0.25) is 0 Å². The third-order valence-electron chi connectivity index (χ3n) is 3.61. The Labute approximate surface area is 145 Å². The second-order valence-corrected chi connectivity index (χ2v) is 5.57. The number of aromatic nitrogens is 4. The van der Waals surface area contributed by atoms with Crippen molar-refractivity contribution in [3.63, 3.8) is 0 Å². The molecule has 1 aromatic carbocycles. The van der Waals surface area contributed by atoms with Gasteiger partial charge in [-0.25, -0.2) is 4.79 Å². The minimum atomic E-state index is -0.354. The molecule has 0 saturated carbocycles. The quantitative estimate of drug-likeness (QED) is 0.644. The van der Waals surface area contributed by atoms with Gasteiger partial charge in [0.2, 0.25) is 0 Å². The van der Waals surface area contributed by atoms with Gasteiger partial charge in [0.1, 0.15) is 0 Å². The molecule has 8 heteroatoms. The molecule has 0 aliphatic carbocycles. The van der Waals surface area contributed by atoms with E-state index >= 15 is 0 Å². The Morgan fingerprint density at radius 3 is 2.88 bits per heavy atom. The highest BCUT2D eigenvalue weighted by molar-refractivity contribution is 5.74. The van der Waals surface area contributed by atoms with Crippen LogP contribution in [0.1, 0.15) is 25.2 Å². The molecule has 0 saturated heterocycles. The van der Waals surface area contributed by atoms with Crippen LogP contribution in [0.25, 0.3) is 11.5 Å². The Balaban J connectivity index is 1.44. The van der Waals surface area contributed by atoms with E-state index in [1.807, 2.05) is 54.2 Å². The lowest BCUT2D eigenvalue weighted by atomic mass is 10.2. The average Bonchev–Trinajstić information content (AvgIpc) is 3.31. The van der Waals surface area contributed by atoms with Crippen molar-refractivity contribution in [3.05, 3.63) is 54.6 Å². The van der Waals surface area contributed by atoms with Gasteiger partial charge in [-0.3, -0.25) is 4.68 Å². The molecule has 25 heavy (non-hydrogen) atoms. The Kier molecular flexibility index (Phi) is 5.40. The molecule has 2 aromatic heterocycles. The smallest absolute Gasteiger partial charge is 0.315 e. The minimum Gasteiger partial charge on any atom is -0.338 e. The van der Waals surface area contributed by atoms with Crippen molar-refractivity contribution in [1.82, 2.24) is 30.6 Å². The number of nitrogens with zero attached hydrogens (tertiary/aromatic N) is 4. The van der Waals surface area contributed by atoms with E-state index in [0.29, 0.717) is 18.3 Å². The predicted octanol–water partition coefficient (Wildman–Crippen LogP) is 2.38. The highest BCUT2D eigenvalue weighted by atomic mass is 16.5. The molecular formula is C17H20N6O2. The zero-order chi connectivity index (χ0) is 17.5. The number of hydrogen-bond acceptors (Lipinski definition) is 5. The lowest BCUT2D eigenvalue weighted by Crippen LogP contribution is -2.38. The summed E-state index contributed by atoms with van der Waals surface area (Å²) in [5.41, 5.74) is 0.844. The number of aryl methyl sites for hydroxylation is 1. The van der Waals surface area contributed by atoms with Crippen molar-refractivity contribution in [1.29, 1.82) is 0 Å². The van der Waals surface area contributed by atoms with Crippen molar-refractivity contribution in [2.24, 2.45) is 0 Å². The molecule has 1 unspecified atom stereocenters. The fourth-order valence-corrected chi connectivity index (χ4v) is 2.30. The van der Waals surface area contributed by atoms with E-state index in [0.717, 1.165) is 18.5 Å². The van der Waals surface area contributed by atoms with Crippen molar-refractivity contribution < 1.29 is 9.32 Å². The molecule has 0 radical (unpaired) electrons. The summed E-state index contributed by atoms with van der Waals surface area (Å²) < 4.78 is 7.08. The Morgan fingerprint density at radius 2 is 2.12 bits per heavy atom.